The third kappa shape index (κ3) is 4.08. The Balaban J connectivity index is 2.04. The molecule has 0 aliphatic heterocycles. The first-order chi connectivity index (χ1) is 8.54. The number of rotatable bonds is 4. The highest BCUT2D eigenvalue weighted by Crippen LogP contribution is 2.30. The van der Waals surface area contributed by atoms with Crippen LogP contribution < -0.4 is 5.14 Å². The molecule has 2 atom stereocenters. The van der Waals surface area contributed by atoms with Crippen LogP contribution in [0.3, 0.4) is 0 Å². The Labute approximate surface area is 108 Å². The van der Waals surface area contributed by atoms with Crippen molar-refractivity contribution < 1.29 is 12.6 Å². The second-order valence-corrected chi connectivity index (χ2v) is 6.04. The molecule has 1 aromatic carbocycles. The van der Waals surface area contributed by atoms with Gasteiger partial charge in [-0.25, -0.2) is 5.14 Å². The van der Waals surface area contributed by atoms with Crippen molar-refractivity contribution in [3.05, 3.63) is 35.9 Å². The SMILES string of the molecule is NS(=O)(=O)O[C@@H]1CCCC[C@H]1Cc1ccccc1. The van der Waals surface area contributed by atoms with E-state index in [-0.39, 0.29) is 12.0 Å². The molecule has 0 amide bonds. The minimum absolute atomic E-state index is 0.236. The Kier molecular flexibility index (Phi) is 4.37. The van der Waals surface area contributed by atoms with Crippen LogP contribution in [-0.2, 0) is 20.9 Å². The van der Waals surface area contributed by atoms with Gasteiger partial charge in [0.05, 0.1) is 6.10 Å². The Hall–Kier alpha value is -0.910. The Bertz CT molecular complexity index is 472. The molecule has 18 heavy (non-hydrogen) atoms. The summed E-state index contributed by atoms with van der Waals surface area (Å²) in [5.41, 5.74) is 1.22. The van der Waals surface area contributed by atoms with Crippen LogP contribution in [0.5, 0.6) is 0 Å². The molecular weight excluding hydrogens is 250 g/mol. The molecule has 1 aromatic rings. The van der Waals surface area contributed by atoms with Crippen molar-refractivity contribution >= 4 is 10.3 Å². The van der Waals surface area contributed by atoms with Gasteiger partial charge < -0.3 is 0 Å². The van der Waals surface area contributed by atoms with Crippen molar-refractivity contribution in [1.82, 2.24) is 0 Å². The van der Waals surface area contributed by atoms with Crippen LogP contribution in [0.1, 0.15) is 31.2 Å². The van der Waals surface area contributed by atoms with Crippen LogP contribution in [0.15, 0.2) is 30.3 Å². The number of nitrogens with two attached hydrogens (primary N) is 1. The molecular formula is C13H19NO3S. The lowest BCUT2D eigenvalue weighted by atomic mass is 9.82. The highest BCUT2D eigenvalue weighted by molar-refractivity contribution is 7.84. The number of hydrogen-bond donors (Lipinski definition) is 1. The largest absolute Gasteiger partial charge is 0.333 e. The van der Waals surface area contributed by atoms with Crippen LogP contribution in [0.4, 0.5) is 0 Å². The van der Waals surface area contributed by atoms with Gasteiger partial charge in [-0.1, -0.05) is 43.2 Å². The fraction of sp³-hybridized carbons (Fsp3) is 0.538. The third-order valence-electron chi connectivity index (χ3n) is 3.44. The quantitative estimate of drug-likeness (QED) is 0.909. The average molecular weight is 269 g/mol. The molecule has 5 heteroatoms. The summed E-state index contributed by atoms with van der Waals surface area (Å²) in [6.07, 6.45) is 4.48. The van der Waals surface area contributed by atoms with Crippen LogP contribution in [0, 0.1) is 5.92 Å². The summed E-state index contributed by atoms with van der Waals surface area (Å²) in [7, 11) is -3.85. The third-order valence-corrected chi connectivity index (χ3v) is 3.95. The standard InChI is InChI=1S/C13H19NO3S/c14-18(15,16)17-13-9-5-4-8-12(13)10-11-6-2-1-3-7-11/h1-3,6-7,12-13H,4-5,8-10H2,(H2,14,15,16)/t12-,13+/m0/s1. The fourth-order valence-electron chi connectivity index (χ4n) is 2.62. The lowest BCUT2D eigenvalue weighted by Gasteiger charge is -2.30. The van der Waals surface area contributed by atoms with E-state index in [1.807, 2.05) is 18.2 Å². The van der Waals surface area contributed by atoms with Gasteiger partial charge in [0.25, 0.3) is 0 Å². The van der Waals surface area contributed by atoms with Gasteiger partial charge in [-0.2, -0.15) is 8.42 Å². The highest BCUT2D eigenvalue weighted by Gasteiger charge is 2.29. The molecule has 0 aromatic heterocycles. The molecule has 1 fully saturated rings. The number of hydrogen-bond acceptors (Lipinski definition) is 3. The topological polar surface area (TPSA) is 69.4 Å². The summed E-state index contributed by atoms with van der Waals surface area (Å²) >= 11 is 0. The van der Waals surface area contributed by atoms with Crippen molar-refractivity contribution in [3.63, 3.8) is 0 Å². The van der Waals surface area contributed by atoms with Gasteiger partial charge in [0.2, 0.25) is 0 Å². The lowest BCUT2D eigenvalue weighted by Crippen LogP contribution is -2.33. The van der Waals surface area contributed by atoms with Crippen molar-refractivity contribution in [2.45, 2.75) is 38.2 Å². The molecule has 4 nitrogen and oxygen atoms in total. The predicted octanol–water partition coefficient (Wildman–Crippen LogP) is 2.01. The summed E-state index contributed by atoms with van der Waals surface area (Å²) in [6, 6.07) is 10.1. The molecule has 100 valence electrons. The molecule has 1 saturated carbocycles. The maximum absolute atomic E-state index is 11.1. The smallest absolute Gasteiger partial charge is 0.255 e. The van der Waals surface area contributed by atoms with Gasteiger partial charge in [0.15, 0.2) is 0 Å². The average Bonchev–Trinajstić information content (AvgIpc) is 2.31. The van der Waals surface area contributed by atoms with Crippen molar-refractivity contribution in [2.75, 3.05) is 0 Å². The van der Waals surface area contributed by atoms with Crippen molar-refractivity contribution in [3.8, 4) is 0 Å². The first-order valence-electron chi connectivity index (χ1n) is 6.29. The highest BCUT2D eigenvalue weighted by atomic mass is 32.2. The van der Waals surface area contributed by atoms with E-state index in [2.05, 4.69) is 12.1 Å². The van der Waals surface area contributed by atoms with E-state index < -0.39 is 10.3 Å². The minimum atomic E-state index is -3.85. The molecule has 0 heterocycles. The molecule has 2 N–H and O–H groups in total. The summed E-state index contributed by atoms with van der Waals surface area (Å²) in [6.45, 7) is 0. The Morgan fingerprint density at radius 3 is 2.50 bits per heavy atom. The molecule has 0 bridgehead atoms. The van der Waals surface area contributed by atoms with Gasteiger partial charge >= 0.3 is 10.3 Å². The minimum Gasteiger partial charge on any atom is -0.255 e. The van der Waals surface area contributed by atoms with E-state index in [4.69, 9.17) is 9.32 Å². The zero-order valence-electron chi connectivity index (χ0n) is 10.3. The van der Waals surface area contributed by atoms with Gasteiger partial charge in [-0.15, -0.1) is 0 Å². The van der Waals surface area contributed by atoms with Gasteiger partial charge in [0.1, 0.15) is 0 Å². The van der Waals surface area contributed by atoms with Crippen LogP contribution in [-0.4, -0.2) is 14.5 Å². The fourth-order valence-corrected chi connectivity index (χ4v) is 3.22. The number of benzene rings is 1. The van der Waals surface area contributed by atoms with Crippen LogP contribution >= 0.6 is 0 Å². The van der Waals surface area contributed by atoms with Gasteiger partial charge in [0, 0.05) is 0 Å². The van der Waals surface area contributed by atoms with Crippen LogP contribution in [0.2, 0.25) is 0 Å². The summed E-state index contributed by atoms with van der Waals surface area (Å²) < 4.78 is 27.1. The molecule has 0 saturated heterocycles. The van der Waals surface area contributed by atoms with Crippen LogP contribution in [0.25, 0.3) is 0 Å². The van der Waals surface area contributed by atoms with E-state index in [0.717, 1.165) is 32.1 Å². The summed E-state index contributed by atoms with van der Waals surface area (Å²) in [5.74, 6) is 0.236. The Morgan fingerprint density at radius 1 is 1.17 bits per heavy atom. The van der Waals surface area contributed by atoms with E-state index in [9.17, 15) is 8.42 Å². The molecule has 1 aliphatic carbocycles. The second-order valence-electron chi connectivity index (χ2n) is 4.86. The first-order valence-corrected chi connectivity index (χ1v) is 7.77. The maximum Gasteiger partial charge on any atom is 0.333 e. The van der Waals surface area contributed by atoms with Gasteiger partial charge in [-0.3, -0.25) is 4.18 Å². The van der Waals surface area contributed by atoms with Crippen molar-refractivity contribution in [2.24, 2.45) is 11.1 Å². The van der Waals surface area contributed by atoms with Gasteiger partial charge in [-0.05, 0) is 30.7 Å². The summed E-state index contributed by atoms with van der Waals surface area (Å²) in [5, 5.41) is 4.97. The molecule has 1 aliphatic rings. The first kappa shape index (κ1) is 13.5. The zero-order chi connectivity index (χ0) is 13.0. The normalized spacial score (nSPS) is 24.9. The zero-order valence-corrected chi connectivity index (χ0v) is 11.1. The monoisotopic (exact) mass is 269 g/mol. The maximum atomic E-state index is 11.1. The lowest BCUT2D eigenvalue weighted by molar-refractivity contribution is 0.0990. The molecule has 0 unspecified atom stereocenters. The van der Waals surface area contributed by atoms with E-state index in [1.54, 1.807) is 0 Å². The molecule has 2 rings (SSSR count). The predicted molar refractivity (Wildman–Crippen MR) is 70.1 cm³/mol. The molecule has 0 radical (unpaired) electrons. The van der Waals surface area contributed by atoms with E-state index >= 15 is 0 Å². The summed E-state index contributed by atoms with van der Waals surface area (Å²) in [4.78, 5) is 0. The van der Waals surface area contributed by atoms with Crippen molar-refractivity contribution in [1.29, 1.82) is 0 Å². The van der Waals surface area contributed by atoms with E-state index in [1.165, 1.54) is 5.56 Å². The second kappa shape index (κ2) is 5.82. The Morgan fingerprint density at radius 2 is 1.83 bits per heavy atom. The van der Waals surface area contributed by atoms with E-state index in [0.29, 0.717) is 0 Å². The molecule has 0 spiro atoms.